The zero-order valence-corrected chi connectivity index (χ0v) is 23.5. The number of nitrogens with one attached hydrogen (secondary N) is 1. The number of carbonyl (C=O) groups excluding carboxylic acids is 1. The molecule has 9 heteroatoms. The number of amides is 1. The number of ether oxygens (including phenoxy) is 3. The number of aromatic nitrogens is 1. The zero-order chi connectivity index (χ0) is 28.2. The number of nitrogens with zero attached hydrogens (tertiary/aromatic N) is 2. The molecule has 0 aliphatic carbocycles. The maximum absolute atomic E-state index is 14.0. The summed E-state index contributed by atoms with van der Waals surface area (Å²) < 4.78 is 18.5. The summed E-state index contributed by atoms with van der Waals surface area (Å²) >= 11 is 1.27. The van der Waals surface area contributed by atoms with Crippen LogP contribution in [0.4, 0.5) is 5.69 Å². The summed E-state index contributed by atoms with van der Waals surface area (Å²) in [4.78, 5) is 32.9. The Bertz CT molecular complexity index is 1760. The highest BCUT2D eigenvalue weighted by Crippen LogP contribution is 2.32. The third-order valence-electron chi connectivity index (χ3n) is 6.53. The van der Waals surface area contributed by atoms with Crippen molar-refractivity contribution in [2.75, 3.05) is 26.1 Å². The van der Waals surface area contributed by atoms with Crippen LogP contribution in [-0.4, -0.2) is 31.3 Å². The number of anilines is 1. The van der Waals surface area contributed by atoms with E-state index in [0.717, 1.165) is 11.1 Å². The number of hydrogen-bond acceptors (Lipinski definition) is 7. The van der Waals surface area contributed by atoms with Gasteiger partial charge < -0.3 is 19.5 Å². The van der Waals surface area contributed by atoms with E-state index in [-0.39, 0.29) is 11.5 Å². The second-order valence-electron chi connectivity index (χ2n) is 9.01. The fraction of sp³-hybridized carbons (Fsp3) is 0.194. The second kappa shape index (κ2) is 11.6. The zero-order valence-electron chi connectivity index (χ0n) is 22.6. The van der Waals surface area contributed by atoms with Gasteiger partial charge in [-0.2, -0.15) is 0 Å². The van der Waals surface area contributed by atoms with Gasteiger partial charge in [0.25, 0.3) is 11.5 Å². The van der Waals surface area contributed by atoms with Gasteiger partial charge in [-0.1, -0.05) is 41.7 Å². The molecule has 5 rings (SSSR count). The molecule has 1 aliphatic rings. The second-order valence-corrected chi connectivity index (χ2v) is 10.0. The predicted molar refractivity (Wildman–Crippen MR) is 156 cm³/mol. The topological polar surface area (TPSA) is 91.2 Å². The fourth-order valence-electron chi connectivity index (χ4n) is 4.64. The Hall–Kier alpha value is -4.63. The van der Waals surface area contributed by atoms with Gasteiger partial charge in [-0.05, 0) is 61.9 Å². The molecule has 0 unspecified atom stereocenters. The lowest BCUT2D eigenvalue weighted by Crippen LogP contribution is -2.40. The molecule has 40 heavy (non-hydrogen) atoms. The Morgan fingerprint density at radius 1 is 1.02 bits per heavy atom. The summed E-state index contributed by atoms with van der Waals surface area (Å²) in [5.41, 5.74) is 2.84. The van der Waals surface area contributed by atoms with E-state index in [2.05, 4.69) is 5.32 Å². The SMILES string of the molecule is CCOc1ccc([C@@H]2C(C(=O)Nc3ccccc3)=C(C)N=c3s/c(=C\c4ccc(OC)cc4OC)c(=O)n32)cc1. The number of thiazole rings is 1. The van der Waals surface area contributed by atoms with Crippen LogP contribution in [0.15, 0.2) is 93.9 Å². The molecule has 3 aromatic carbocycles. The highest BCUT2D eigenvalue weighted by atomic mass is 32.1. The van der Waals surface area contributed by atoms with E-state index in [4.69, 9.17) is 19.2 Å². The van der Waals surface area contributed by atoms with Gasteiger partial charge >= 0.3 is 0 Å². The van der Waals surface area contributed by atoms with Gasteiger partial charge in [-0.3, -0.25) is 14.2 Å². The van der Waals surface area contributed by atoms with Crippen LogP contribution in [0, 0.1) is 0 Å². The van der Waals surface area contributed by atoms with Crippen molar-refractivity contribution >= 4 is 29.0 Å². The summed E-state index contributed by atoms with van der Waals surface area (Å²) in [5.74, 6) is 1.61. The average Bonchev–Trinajstić information content (AvgIpc) is 3.27. The lowest BCUT2D eigenvalue weighted by molar-refractivity contribution is -0.113. The third-order valence-corrected chi connectivity index (χ3v) is 7.51. The van der Waals surface area contributed by atoms with E-state index < -0.39 is 6.04 Å². The first kappa shape index (κ1) is 27.0. The van der Waals surface area contributed by atoms with Gasteiger partial charge in [0.05, 0.1) is 42.7 Å². The highest BCUT2D eigenvalue weighted by Gasteiger charge is 2.32. The minimum Gasteiger partial charge on any atom is -0.497 e. The summed E-state index contributed by atoms with van der Waals surface area (Å²) in [6, 6.07) is 21.4. The van der Waals surface area contributed by atoms with E-state index in [1.807, 2.05) is 73.7 Å². The van der Waals surface area contributed by atoms with Crippen LogP contribution in [0.2, 0.25) is 0 Å². The number of para-hydroxylation sites is 1. The molecule has 0 spiro atoms. The molecular formula is C31H29N3O5S. The lowest BCUT2D eigenvalue weighted by Gasteiger charge is -2.25. The smallest absolute Gasteiger partial charge is 0.271 e. The number of rotatable bonds is 8. The maximum atomic E-state index is 14.0. The molecule has 4 aromatic rings. The monoisotopic (exact) mass is 555 g/mol. The van der Waals surface area contributed by atoms with E-state index in [1.54, 1.807) is 37.9 Å². The van der Waals surface area contributed by atoms with E-state index in [0.29, 0.717) is 50.1 Å². The third kappa shape index (κ3) is 5.28. The molecule has 2 heterocycles. The number of allylic oxidation sites excluding steroid dienone is 1. The first-order valence-electron chi connectivity index (χ1n) is 12.8. The van der Waals surface area contributed by atoms with Crippen molar-refractivity contribution in [1.29, 1.82) is 0 Å². The summed E-state index contributed by atoms with van der Waals surface area (Å²) in [6.07, 6.45) is 1.78. The van der Waals surface area contributed by atoms with Crippen molar-refractivity contribution in [3.8, 4) is 17.2 Å². The molecule has 0 radical (unpaired) electrons. The molecule has 1 N–H and O–H groups in total. The fourth-order valence-corrected chi connectivity index (χ4v) is 5.68. The van der Waals surface area contributed by atoms with Crippen LogP contribution in [0.25, 0.3) is 6.08 Å². The molecule has 0 fully saturated rings. The van der Waals surface area contributed by atoms with Crippen LogP contribution in [-0.2, 0) is 4.79 Å². The largest absolute Gasteiger partial charge is 0.497 e. The first-order valence-corrected chi connectivity index (χ1v) is 13.6. The summed E-state index contributed by atoms with van der Waals surface area (Å²) in [7, 11) is 3.15. The van der Waals surface area contributed by atoms with Gasteiger partial charge in [-0.25, -0.2) is 4.99 Å². The van der Waals surface area contributed by atoms with E-state index in [9.17, 15) is 9.59 Å². The molecule has 1 aromatic heterocycles. The van der Waals surface area contributed by atoms with Gasteiger partial charge in [0.1, 0.15) is 17.2 Å². The molecule has 1 aliphatic heterocycles. The number of fused-ring (bicyclic) bond motifs is 1. The van der Waals surface area contributed by atoms with Crippen LogP contribution < -0.4 is 34.4 Å². The summed E-state index contributed by atoms with van der Waals surface area (Å²) in [5, 5.41) is 2.97. The van der Waals surface area contributed by atoms with Crippen LogP contribution in [0.1, 0.15) is 31.0 Å². The molecule has 0 saturated carbocycles. The summed E-state index contributed by atoms with van der Waals surface area (Å²) in [6.45, 7) is 4.25. The van der Waals surface area contributed by atoms with Crippen LogP contribution in [0.5, 0.6) is 17.2 Å². The van der Waals surface area contributed by atoms with Gasteiger partial charge in [-0.15, -0.1) is 0 Å². The van der Waals surface area contributed by atoms with E-state index in [1.165, 1.54) is 11.3 Å². The standard InChI is InChI=1S/C31H29N3O5S/c1-5-39-23-14-11-20(12-15-23)28-27(29(35)33-22-9-7-6-8-10-22)19(2)32-31-34(28)30(36)26(40-31)17-21-13-16-24(37-3)18-25(21)38-4/h6-18,28H,5H2,1-4H3,(H,33,35)/b26-17-/t28-/m1/s1. The minimum atomic E-state index is -0.685. The Labute approximate surface area is 235 Å². The van der Waals surface area contributed by atoms with Crippen molar-refractivity contribution in [2.45, 2.75) is 19.9 Å². The Balaban J connectivity index is 1.66. The quantitative estimate of drug-likeness (QED) is 0.350. The Kier molecular flexibility index (Phi) is 7.84. The van der Waals surface area contributed by atoms with E-state index >= 15 is 0 Å². The van der Waals surface area contributed by atoms with Gasteiger partial charge in [0, 0.05) is 17.3 Å². The van der Waals surface area contributed by atoms with Gasteiger partial charge in [0.2, 0.25) is 0 Å². The Morgan fingerprint density at radius 2 is 1.75 bits per heavy atom. The molecule has 1 atom stereocenters. The molecule has 0 bridgehead atoms. The number of benzene rings is 3. The molecule has 0 saturated heterocycles. The van der Waals surface area contributed by atoms with Crippen molar-refractivity contribution in [3.05, 3.63) is 115 Å². The maximum Gasteiger partial charge on any atom is 0.271 e. The van der Waals surface area contributed by atoms with Gasteiger partial charge in [0.15, 0.2) is 4.80 Å². The van der Waals surface area contributed by atoms with Crippen LogP contribution in [0.3, 0.4) is 0 Å². The van der Waals surface area contributed by atoms with Crippen molar-refractivity contribution in [1.82, 2.24) is 4.57 Å². The lowest BCUT2D eigenvalue weighted by atomic mass is 9.95. The average molecular weight is 556 g/mol. The first-order chi connectivity index (χ1) is 19.4. The minimum absolute atomic E-state index is 0.252. The van der Waals surface area contributed by atoms with Crippen molar-refractivity contribution in [2.24, 2.45) is 4.99 Å². The van der Waals surface area contributed by atoms with Crippen molar-refractivity contribution < 1.29 is 19.0 Å². The Morgan fingerprint density at radius 3 is 2.42 bits per heavy atom. The molecule has 8 nitrogen and oxygen atoms in total. The number of methoxy groups -OCH3 is 2. The number of carbonyl (C=O) groups is 1. The normalized spacial score (nSPS) is 14.8. The predicted octanol–water partition coefficient (Wildman–Crippen LogP) is 4.29. The highest BCUT2D eigenvalue weighted by molar-refractivity contribution is 7.07. The molecular weight excluding hydrogens is 526 g/mol. The number of hydrogen-bond donors (Lipinski definition) is 1. The molecule has 204 valence electrons. The molecule has 1 amide bonds. The van der Waals surface area contributed by atoms with Crippen LogP contribution >= 0.6 is 11.3 Å². The van der Waals surface area contributed by atoms with Crippen molar-refractivity contribution in [3.63, 3.8) is 0 Å².